The van der Waals surface area contributed by atoms with Gasteiger partial charge in [-0.3, -0.25) is 0 Å². The van der Waals surface area contributed by atoms with Gasteiger partial charge in [-0.05, 0) is 31.2 Å². The van der Waals surface area contributed by atoms with Crippen LogP contribution in [0.3, 0.4) is 0 Å². The zero-order chi connectivity index (χ0) is 12.3. The Balaban J connectivity index is 2.21. The van der Waals surface area contributed by atoms with Crippen molar-refractivity contribution in [1.29, 1.82) is 0 Å². The van der Waals surface area contributed by atoms with E-state index in [1.165, 1.54) is 6.07 Å². The van der Waals surface area contributed by atoms with E-state index in [2.05, 4.69) is 9.97 Å². The first-order valence-corrected chi connectivity index (χ1v) is 5.40. The maximum Gasteiger partial charge on any atom is 0.159 e. The number of hydrogen-bond acceptors (Lipinski definition) is 2. The Kier molecular flexibility index (Phi) is 3.49. The molecule has 0 atom stereocenters. The van der Waals surface area contributed by atoms with Gasteiger partial charge in [0.15, 0.2) is 11.6 Å². The largest absolute Gasteiger partial charge is 0.342 e. The van der Waals surface area contributed by atoms with Crippen LogP contribution in [0.4, 0.5) is 8.78 Å². The van der Waals surface area contributed by atoms with Crippen molar-refractivity contribution in [2.45, 2.75) is 12.8 Å². The Hall–Kier alpha value is -1.75. The van der Waals surface area contributed by atoms with Crippen molar-refractivity contribution in [1.82, 2.24) is 9.97 Å². The van der Waals surface area contributed by atoms with Gasteiger partial charge in [-0.2, -0.15) is 0 Å². The highest BCUT2D eigenvalue weighted by molar-refractivity contribution is 5.58. The van der Waals surface area contributed by atoms with Gasteiger partial charge in [-0.25, -0.2) is 13.8 Å². The number of hydrogen-bond donors (Lipinski definition) is 2. The monoisotopic (exact) mass is 237 g/mol. The molecule has 17 heavy (non-hydrogen) atoms. The van der Waals surface area contributed by atoms with E-state index < -0.39 is 11.6 Å². The van der Waals surface area contributed by atoms with Gasteiger partial charge in [0.05, 0.1) is 11.9 Å². The highest BCUT2D eigenvalue weighted by Crippen LogP contribution is 2.19. The normalized spacial score (nSPS) is 10.8. The summed E-state index contributed by atoms with van der Waals surface area (Å²) in [5.41, 5.74) is 6.65. The second-order valence-electron chi connectivity index (χ2n) is 3.76. The van der Waals surface area contributed by atoms with E-state index in [1.54, 1.807) is 6.20 Å². The van der Waals surface area contributed by atoms with Crippen LogP contribution in [0.25, 0.3) is 11.3 Å². The molecule has 0 saturated carbocycles. The fourth-order valence-electron chi connectivity index (χ4n) is 1.57. The summed E-state index contributed by atoms with van der Waals surface area (Å²) in [4.78, 5) is 7.21. The summed E-state index contributed by atoms with van der Waals surface area (Å²) in [6.45, 7) is 0.598. The van der Waals surface area contributed by atoms with Gasteiger partial charge in [0.1, 0.15) is 5.82 Å². The topological polar surface area (TPSA) is 54.7 Å². The summed E-state index contributed by atoms with van der Waals surface area (Å²) in [5.74, 6) is -0.910. The molecule has 0 aliphatic rings. The number of aromatic amines is 1. The lowest BCUT2D eigenvalue weighted by atomic mass is 10.1. The minimum absolute atomic E-state index is 0.579. The number of benzene rings is 1. The standard InChI is InChI=1S/C12H13F2N3/c13-9-4-3-8(6-10(9)14)11-7-16-12(17-11)2-1-5-15/h3-4,6-7H,1-2,5,15H2,(H,16,17). The average Bonchev–Trinajstić information content (AvgIpc) is 2.79. The predicted molar refractivity (Wildman–Crippen MR) is 61.3 cm³/mol. The summed E-state index contributed by atoms with van der Waals surface area (Å²) in [6, 6.07) is 3.76. The maximum atomic E-state index is 13.0. The number of rotatable bonds is 4. The van der Waals surface area contributed by atoms with E-state index in [0.717, 1.165) is 30.8 Å². The van der Waals surface area contributed by atoms with Gasteiger partial charge in [0.2, 0.25) is 0 Å². The SMILES string of the molecule is NCCCc1ncc(-c2ccc(F)c(F)c2)[nH]1. The number of nitrogens with two attached hydrogens (primary N) is 1. The second-order valence-corrected chi connectivity index (χ2v) is 3.76. The average molecular weight is 237 g/mol. The highest BCUT2D eigenvalue weighted by atomic mass is 19.2. The van der Waals surface area contributed by atoms with E-state index in [0.29, 0.717) is 17.8 Å². The van der Waals surface area contributed by atoms with Crippen LogP contribution in [0.15, 0.2) is 24.4 Å². The number of nitrogens with one attached hydrogen (secondary N) is 1. The molecule has 0 aliphatic heterocycles. The van der Waals surface area contributed by atoms with Gasteiger partial charge < -0.3 is 10.7 Å². The van der Waals surface area contributed by atoms with Crippen molar-refractivity contribution in [3.8, 4) is 11.3 Å². The number of aromatic nitrogens is 2. The highest BCUT2D eigenvalue weighted by Gasteiger charge is 2.07. The van der Waals surface area contributed by atoms with E-state index in [1.807, 2.05) is 0 Å². The molecule has 1 aromatic heterocycles. The molecule has 0 aliphatic carbocycles. The maximum absolute atomic E-state index is 13.0. The lowest BCUT2D eigenvalue weighted by Gasteiger charge is -1.98. The minimum Gasteiger partial charge on any atom is -0.342 e. The Bertz CT molecular complexity index is 508. The molecule has 1 heterocycles. The Morgan fingerprint density at radius 3 is 2.76 bits per heavy atom. The Labute approximate surface area is 97.7 Å². The first-order chi connectivity index (χ1) is 8.20. The van der Waals surface area contributed by atoms with Crippen LogP contribution in [0.5, 0.6) is 0 Å². The van der Waals surface area contributed by atoms with Crippen molar-refractivity contribution in [2.24, 2.45) is 5.73 Å². The van der Waals surface area contributed by atoms with Gasteiger partial charge in [0, 0.05) is 12.0 Å². The number of nitrogens with zero attached hydrogens (tertiary/aromatic N) is 1. The summed E-state index contributed by atoms with van der Waals surface area (Å²) < 4.78 is 25.8. The van der Waals surface area contributed by atoms with E-state index in [9.17, 15) is 8.78 Å². The molecular weight excluding hydrogens is 224 g/mol. The summed E-state index contributed by atoms with van der Waals surface area (Å²) >= 11 is 0. The third-order valence-corrected chi connectivity index (χ3v) is 2.48. The molecule has 0 fully saturated rings. The number of H-pyrrole nitrogens is 1. The Morgan fingerprint density at radius 2 is 2.06 bits per heavy atom. The van der Waals surface area contributed by atoms with Gasteiger partial charge in [0.25, 0.3) is 0 Å². The van der Waals surface area contributed by atoms with E-state index >= 15 is 0 Å². The minimum atomic E-state index is -0.861. The number of aryl methyl sites for hydroxylation is 1. The smallest absolute Gasteiger partial charge is 0.159 e. The molecule has 1 aromatic carbocycles. The zero-order valence-electron chi connectivity index (χ0n) is 9.21. The van der Waals surface area contributed by atoms with Crippen molar-refractivity contribution >= 4 is 0 Å². The van der Waals surface area contributed by atoms with E-state index in [4.69, 9.17) is 5.73 Å². The molecular formula is C12H13F2N3. The Morgan fingerprint density at radius 1 is 1.24 bits per heavy atom. The lowest BCUT2D eigenvalue weighted by Crippen LogP contribution is -2.01. The lowest BCUT2D eigenvalue weighted by molar-refractivity contribution is 0.509. The van der Waals surface area contributed by atoms with Crippen LogP contribution < -0.4 is 5.73 Å². The molecule has 3 N–H and O–H groups in total. The van der Waals surface area contributed by atoms with Crippen LogP contribution in [-0.4, -0.2) is 16.5 Å². The van der Waals surface area contributed by atoms with Crippen molar-refractivity contribution in [3.05, 3.63) is 41.9 Å². The van der Waals surface area contributed by atoms with Crippen LogP contribution in [0.2, 0.25) is 0 Å². The van der Waals surface area contributed by atoms with Gasteiger partial charge >= 0.3 is 0 Å². The third kappa shape index (κ3) is 2.68. The first kappa shape index (κ1) is 11.7. The molecule has 5 heteroatoms. The summed E-state index contributed by atoms with van der Waals surface area (Å²) in [7, 11) is 0. The zero-order valence-corrected chi connectivity index (χ0v) is 9.21. The fourth-order valence-corrected chi connectivity index (χ4v) is 1.57. The summed E-state index contributed by atoms with van der Waals surface area (Å²) in [5, 5.41) is 0. The van der Waals surface area contributed by atoms with Crippen molar-refractivity contribution in [2.75, 3.05) is 6.54 Å². The van der Waals surface area contributed by atoms with E-state index in [-0.39, 0.29) is 0 Å². The molecule has 0 radical (unpaired) electrons. The molecule has 0 saturated heterocycles. The molecule has 90 valence electrons. The fraction of sp³-hybridized carbons (Fsp3) is 0.250. The van der Waals surface area contributed by atoms with Crippen LogP contribution in [-0.2, 0) is 6.42 Å². The molecule has 3 nitrogen and oxygen atoms in total. The van der Waals surface area contributed by atoms with Crippen molar-refractivity contribution < 1.29 is 8.78 Å². The predicted octanol–water partition coefficient (Wildman–Crippen LogP) is 2.25. The molecule has 0 bridgehead atoms. The quantitative estimate of drug-likeness (QED) is 0.856. The molecule has 0 amide bonds. The third-order valence-electron chi connectivity index (χ3n) is 2.48. The molecule has 0 unspecified atom stereocenters. The molecule has 2 rings (SSSR count). The number of halogens is 2. The van der Waals surface area contributed by atoms with Crippen LogP contribution in [0.1, 0.15) is 12.2 Å². The summed E-state index contributed by atoms with van der Waals surface area (Å²) in [6.07, 6.45) is 3.20. The molecule has 0 spiro atoms. The van der Waals surface area contributed by atoms with Gasteiger partial charge in [-0.1, -0.05) is 0 Å². The first-order valence-electron chi connectivity index (χ1n) is 5.40. The number of imidazole rings is 1. The van der Waals surface area contributed by atoms with Gasteiger partial charge in [-0.15, -0.1) is 0 Å². The van der Waals surface area contributed by atoms with Crippen LogP contribution in [0, 0.1) is 11.6 Å². The second kappa shape index (κ2) is 5.05. The van der Waals surface area contributed by atoms with Crippen LogP contribution >= 0.6 is 0 Å². The molecule has 2 aromatic rings. The van der Waals surface area contributed by atoms with Crippen molar-refractivity contribution in [3.63, 3.8) is 0 Å².